The lowest BCUT2D eigenvalue weighted by Crippen LogP contribution is -2.16. The van der Waals surface area contributed by atoms with Gasteiger partial charge in [0.05, 0.1) is 17.0 Å². The minimum absolute atomic E-state index is 0.0974. The Bertz CT molecular complexity index is 750. The van der Waals surface area contributed by atoms with Crippen LogP contribution in [0.15, 0.2) is 41.2 Å². The summed E-state index contributed by atoms with van der Waals surface area (Å²) < 4.78 is 0. The van der Waals surface area contributed by atoms with E-state index in [0.29, 0.717) is 5.82 Å². The molecule has 4 nitrogen and oxygen atoms in total. The molecule has 0 bridgehead atoms. The molecule has 1 N–H and O–H groups in total. The average molecular weight is 315 g/mol. The number of hydrogen-bond donors (Lipinski definition) is 1. The van der Waals surface area contributed by atoms with E-state index in [1.807, 2.05) is 41.9 Å². The average Bonchev–Trinajstić information content (AvgIpc) is 3.12. The molecule has 21 heavy (non-hydrogen) atoms. The molecule has 106 valence electrons. The van der Waals surface area contributed by atoms with Crippen LogP contribution in [-0.2, 0) is 11.2 Å². The van der Waals surface area contributed by atoms with E-state index in [9.17, 15) is 4.79 Å². The van der Waals surface area contributed by atoms with Crippen LogP contribution in [0.25, 0.3) is 9.88 Å². The summed E-state index contributed by atoms with van der Waals surface area (Å²) in [7, 11) is 0. The topological polar surface area (TPSA) is 54.9 Å². The van der Waals surface area contributed by atoms with Crippen molar-refractivity contribution in [3.8, 4) is 9.88 Å². The zero-order valence-electron chi connectivity index (χ0n) is 11.4. The lowest BCUT2D eigenvalue weighted by molar-refractivity contribution is -0.115. The molecular formula is C15H13N3OS2. The van der Waals surface area contributed by atoms with Crippen LogP contribution in [0.5, 0.6) is 0 Å². The zero-order valence-corrected chi connectivity index (χ0v) is 13.0. The molecule has 0 saturated heterocycles. The first-order chi connectivity index (χ1) is 10.2. The van der Waals surface area contributed by atoms with E-state index in [2.05, 4.69) is 15.3 Å². The van der Waals surface area contributed by atoms with Crippen molar-refractivity contribution in [3.05, 3.63) is 52.5 Å². The molecular weight excluding hydrogens is 302 g/mol. The molecule has 0 saturated carbocycles. The minimum Gasteiger partial charge on any atom is -0.310 e. The molecule has 0 unspecified atom stereocenters. The first kappa shape index (κ1) is 13.9. The Labute approximate surface area is 130 Å². The Kier molecular flexibility index (Phi) is 4.08. The van der Waals surface area contributed by atoms with Crippen molar-refractivity contribution in [2.75, 3.05) is 5.32 Å². The van der Waals surface area contributed by atoms with Crippen LogP contribution < -0.4 is 5.32 Å². The standard InChI is InChI=1S/C15H13N3OS2/c1-10-4-2-6-16-14(10)18-13(19)8-11-9-21-15(17-11)12-5-3-7-20-12/h2-7,9H,8H2,1H3,(H,16,18,19). The number of pyridine rings is 1. The summed E-state index contributed by atoms with van der Waals surface area (Å²) in [5, 5.41) is 7.73. The van der Waals surface area contributed by atoms with E-state index in [-0.39, 0.29) is 12.3 Å². The van der Waals surface area contributed by atoms with Gasteiger partial charge in [-0.1, -0.05) is 12.1 Å². The highest BCUT2D eigenvalue weighted by Crippen LogP contribution is 2.27. The highest BCUT2D eigenvalue weighted by molar-refractivity contribution is 7.20. The zero-order chi connectivity index (χ0) is 14.7. The Morgan fingerprint density at radius 1 is 1.29 bits per heavy atom. The number of amides is 1. The van der Waals surface area contributed by atoms with Gasteiger partial charge in [0.2, 0.25) is 5.91 Å². The molecule has 0 aliphatic rings. The Morgan fingerprint density at radius 2 is 2.19 bits per heavy atom. The summed E-state index contributed by atoms with van der Waals surface area (Å²) in [6.45, 7) is 1.92. The number of nitrogens with zero attached hydrogens (tertiary/aromatic N) is 2. The number of thiophene rings is 1. The van der Waals surface area contributed by atoms with Crippen molar-refractivity contribution < 1.29 is 4.79 Å². The Morgan fingerprint density at radius 3 is 2.95 bits per heavy atom. The number of aryl methyl sites for hydroxylation is 1. The van der Waals surface area contributed by atoms with Gasteiger partial charge in [0.1, 0.15) is 10.8 Å². The van der Waals surface area contributed by atoms with Crippen LogP contribution in [0.4, 0.5) is 5.82 Å². The van der Waals surface area contributed by atoms with Crippen LogP contribution in [0.2, 0.25) is 0 Å². The van der Waals surface area contributed by atoms with E-state index in [4.69, 9.17) is 0 Å². The van der Waals surface area contributed by atoms with Crippen LogP contribution in [0, 0.1) is 6.92 Å². The number of nitrogens with one attached hydrogen (secondary N) is 1. The molecule has 0 spiro atoms. The molecule has 0 radical (unpaired) electrons. The molecule has 0 fully saturated rings. The van der Waals surface area contributed by atoms with Gasteiger partial charge in [0.25, 0.3) is 0 Å². The van der Waals surface area contributed by atoms with Crippen molar-refractivity contribution in [2.45, 2.75) is 13.3 Å². The highest BCUT2D eigenvalue weighted by Gasteiger charge is 2.11. The van der Waals surface area contributed by atoms with Gasteiger partial charge in [-0.25, -0.2) is 9.97 Å². The Balaban J connectivity index is 1.67. The molecule has 3 aromatic rings. The van der Waals surface area contributed by atoms with E-state index in [0.717, 1.165) is 21.1 Å². The summed E-state index contributed by atoms with van der Waals surface area (Å²) in [6, 6.07) is 7.79. The molecule has 3 aromatic heterocycles. The van der Waals surface area contributed by atoms with Gasteiger partial charge in [0.15, 0.2) is 0 Å². The maximum Gasteiger partial charge on any atom is 0.231 e. The van der Waals surface area contributed by atoms with Gasteiger partial charge in [-0.15, -0.1) is 22.7 Å². The fourth-order valence-electron chi connectivity index (χ4n) is 1.86. The lowest BCUT2D eigenvalue weighted by Gasteiger charge is -2.05. The molecule has 0 aliphatic heterocycles. The third-order valence-electron chi connectivity index (χ3n) is 2.89. The number of hydrogen-bond acceptors (Lipinski definition) is 5. The van der Waals surface area contributed by atoms with Gasteiger partial charge in [0, 0.05) is 11.6 Å². The van der Waals surface area contributed by atoms with E-state index in [1.54, 1.807) is 28.9 Å². The van der Waals surface area contributed by atoms with Crippen LogP contribution in [0.1, 0.15) is 11.3 Å². The van der Waals surface area contributed by atoms with E-state index in [1.165, 1.54) is 0 Å². The molecule has 0 aliphatic carbocycles. The van der Waals surface area contributed by atoms with Gasteiger partial charge in [-0.2, -0.15) is 0 Å². The first-order valence-corrected chi connectivity index (χ1v) is 8.18. The van der Waals surface area contributed by atoms with E-state index >= 15 is 0 Å². The molecule has 0 aromatic carbocycles. The SMILES string of the molecule is Cc1cccnc1NC(=O)Cc1csc(-c2cccs2)n1. The second kappa shape index (κ2) is 6.15. The maximum absolute atomic E-state index is 12.0. The van der Waals surface area contributed by atoms with Gasteiger partial charge in [-0.05, 0) is 30.0 Å². The second-order valence-corrected chi connectivity index (χ2v) is 6.32. The minimum atomic E-state index is -0.0974. The second-order valence-electron chi connectivity index (χ2n) is 4.52. The number of anilines is 1. The van der Waals surface area contributed by atoms with Crippen LogP contribution in [-0.4, -0.2) is 15.9 Å². The number of carbonyl (C=O) groups excluding carboxylic acids is 1. The fraction of sp³-hybridized carbons (Fsp3) is 0.133. The number of carbonyl (C=O) groups is 1. The maximum atomic E-state index is 12.0. The predicted molar refractivity (Wildman–Crippen MR) is 86.7 cm³/mol. The van der Waals surface area contributed by atoms with E-state index < -0.39 is 0 Å². The predicted octanol–water partition coefficient (Wildman–Crippen LogP) is 3.76. The Hall–Kier alpha value is -2.05. The highest BCUT2D eigenvalue weighted by atomic mass is 32.1. The molecule has 3 heterocycles. The summed E-state index contributed by atoms with van der Waals surface area (Å²) in [4.78, 5) is 21.8. The number of thiazole rings is 1. The van der Waals surface area contributed by atoms with Crippen molar-refractivity contribution in [1.29, 1.82) is 0 Å². The lowest BCUT2D eigenvalue weighted by atomic mass is 10.2. The molecule has 1 amide bonds. The third-order valence-corrected chi connectivity index (χ3v) is 4.82. The van der Waals surface area contributed by atoms with Gasteiger partial charge < -0.3 is 5.32 Å². The van der Waals surface area contributed by atoms with Crippen molar-refractivity contribution in [3.63, 3.8) is 0 Å². The summed E-state index contributed by atoms with van der Waals surface area (Å²) in [5.41, 5.74) is 1.73. The smallest absolute Gasteiger partial charge is 0.231 e. The number of aromatic nitrogens is 2. The first-order valence-electron chi connectivity index (χ1n) is 6.42. The normalized spacial score (nSPS) is 10.5. The van der Waals surface area contributed by atoms with Crippen LogP contribution >= 0.6 is 22.7 Å². The van der Waals surface area contributed by atoms with Crippen molar-refractivity contribution >= 4 is 34.4 Å². The quantitative estimate of drug-likeness (QED) is 0.797. The monoisotopic (exact) mass is 315 g/mol. The molecule has 0 atom stereocenters. The molecule has 6 heteroatoms. The van der Waals surface area contributed by atoms with Crippen LogP contribution in [0.3, 0.4) is 0 Å². The number of rotatable bonds is 4. The third kappa shape index (κ3) is 3.34. The summed E-state index contributed by atoms with van der Waals surface area (Å²) in [6.07, 6.45) is 1.93. The van der Waals surface area contributed by atoms with Crippen molar-refractivity contribution in [1.82, 2.24) is 9.97 Å². The summed E-state index contributed by atoms with van der Waals surface area (Å²) in [5.74, 6) is 0.510. The molecule has 3 rings (SSSR count). The largest absolute Gasteiger partial charge is 0.310 e. The fourth-order valence-corrected chi connectivity index (χ4v) is 3.49. The van der Waals surface area contributed by atoms with Crippen molar-refractivity contribution in [2.24, 2.45) is 0 Å². The van der Waals surface area contributed by atoms with Gasteiger partial charge in [-0.3, -0.25) is 4.79 Å². The summed E-state index contributed by atoms with van der Waals surface area (Å²) >= 11 is 3.21. The van der Waals surface area contributed by atoms with Gasteiger partial charge >= 0.3 is 0 Å².